The molecule has 0 radical (unpaired) electrons. The molecule has 3 rings (SSSR count). The number of nitrogens with one attached hydrogen (secondary N) is 1. The van der Waals surface area contributed by atoms with Crippen LogP contribution in [-0.4, -0.2) is 31.4 Å². The summed E-state index contributed by atoms with van der Waals surface area (Å²) in [5.41, 5.74) is 2.21. The highest BCUT2D eigenvalue weighted by molar-refractivity contribution is 8.00. The zero-order chi connectivity index (χ0) is 13.4. The molecule has 3 aromatic rings. The quantitative estimate of drug-likeness (QED) is 0.707. The van der Waals surface area contributed by atoms with Crippen molar-refractivity contribution >= 4 is 39.8 Å². The molecule has 1 aromatic carbocycles. The molecule has 0 saturated carbocycles. The minimum atomic E-state index is -1.15. The molecule has 2 heterocycles. The van der Waals surface area contributed by atoms with E-state index >= 15 is 0 Å². The van der Waals surface area contributed by atoms with E-state index in [1.165, 1.54) is 6.92 Å². The Morgan fingerprint density at radius 1 is 1.37 bits per heavy atom. The average Bonchev–Trinajstić information content (AvgIpc) is 2.76. The molecule has 0 bridgehead atoms. The maximum Gasteiger partial charge on any atom is 0.211 e. The Morgan fingerprint density at radius 2 is 2.16 bits per heavy atom. The fourth-order valence-corrected chi connectivity index (χ4v) is 2.41. The van der Waals surface area contributed by atoms with E-state index in [4.69, 9.17) is 0 Å². The van der Waals surface area contributed by atoms with Gasteiger partial charge in [0.2, 0.25) is 5.16 Å². The van der Waals surface area contributed by atoms with E-state index in [1.54, 1.807) is 0 Å². The summed E-state index contributed by atoms with van der Waals surface area (Å²) in [6, 6.07) is 7.69. The summed E-state index contributed by atoms with van der Waals surface area (Å²) in [6.45, 7) is 1.53. The van der Waals surface area contributed by atoms with E-state index in [2.05, 4.69) is 20.2 Å². The summed E-state index contributed by atoms with van der Waals surface area (Å²) in [7, 11) is 0. The Morgan fingerprint density at radius 3 is 2.95 bits per heavy atom. The number of aliphatic carboxylic acids is 1. The maximum atomic E-state index is 10.7. The van der Waals surface area contributed by atoms with Crippen LogP contribution < -0.4 is 5.11 Å². The van der Waals surface area contributed by atoms with E-state index in [0.29, 0.717) is 16.3 Å². The van der Waals surface area contributed by atoms with Crippen molar-refractivity contribution in [3.05, 3.63) is 24.3 Å². The van der Waals surface area contributed by atoms with Crippen LogP contribution in [-0.2, 0) is 4.79 Å². The summed E-state index contributed by atoms with van der Waals surface area (Å²) < 4.78 is 0. The molecule has 1 N–H and O–H groups in total. The van der Waals surface area contributed by atoms with Gasteiger partial charge in [0.1, 0.15) is 5.52 Å². The van der Waals surface area contributed by atoms with E-state index < -0.39 is 11.2 Å². The highest BCUT2D eigenvalue weighted by atomic mass is 32.2. The molecular weight excluding hydrogens is 264 g/mol. The average molecular weight is 273 g/mol. The second kappa shape index (κ2) is 4.51. The third-order valence-electron chi connectivity index (χ3n) is 2.72. The fraction of sp³-hybridized carbons (Fsp3) is 0.167. The minimum absolute atomic E-state index is 0.316. The van der Waals surface area contributed by atoms with Crippen LogP contribution in [0.4, 0.5) is 0 Å². The number of hydrogen-bond acceptors (Lipinski definition) is 6. The van der Waals surface area contributed by atoms with Crippen molar-refractivity contribution in [1.82, 2.24) is 20.2 Å². The van der Waals surface area contributed by atoms with Gasteiger partial charge in [0, 0.05) is 16.2 Å². The molecule has 6 nitrogen and oxygen atoms in total. The molecule has 1 atom stereocenters. The predicted octanol–water partition coefficient (Wildman–Crippen LogP) is 0.737. The monoisotopic (exact) mass is 273 g/mol. The molecule has 0 unspecified atom stereocenters. The zero-order valence-electron chi connectivity index (χ0n) is 9.95. The molecule has 0 amide bonds. The standard InChI is InChI=1S/C12H10N4O2S/c1-6(11(17)18)19-12-14-10-9(15-16-12)7-4-2-3-5-8(7)13-10/h2-6H,1H3,(H,17,18)(H,13,14,16)/p-1/t6-/m0/s1. The van der Waals surface area contributed by atoms with Gasteiger partial charge < -0.3 is 14.9 Å². The Kier molecular flexibility index (Phi) is 2.83. The number of H-pyrrole nitrogens is 1. The normalized spacial score (nSPS) is 12.9. The lowest BCUT2D eigenvalue weighted by Gasteiger charge is -2.09. The Bertz CT molecular complexity index is 771. The van der Waals surface area contributed by atoms with Gasteiger partial charge in [0.25, 0.3) is 0 Å². The van der Waals surface area contributed by atoms with Gasteiger partial charge in [-0.05, 0) is 13.0 Å². The van der Waals surface area contributed by atoms with Crippen LogP contribution in [0.3, 0.4) is 0 Å². The lowest BCUT2D eigenvalue weighted by atomic mass is 10.2. The highest BCUT2D eigenvalue weighted by Gasteiger charge is 2.12. The maximum absolute atomic E-state index is 10.7. The van der Waals surface area contributed by atoms with Gasteiger partial charge in [0.05, 0.1) is 5.97 Å². The van der Waals surface area contributed by atoms with E-state index in [1.807, 2.05) is 24.3 Å². The molecule has 0 spiro atoms. The minimum Gasteiger partial charge on any atom is -0.549 e. The van der Waals surface area contributed by atoms with E-state index in [9.17, 15) is 9.90 Å². The van der Waals surface area contributed by atoms with Crippen molar-refractivity contribution in [1.29, 1.82) is 0 Å². The molecule has 7 heteroatoms. The van der Waals surface area contributed by atoms with Crippen LogP contribution in [0.25, 0.3) is 22.1 Å². The summed E-state index contributed by atoms with van der Waals surface area (Å²) in [4.78, 5) is 18.1. The number of aromatic amines is 1. The largest absolute Gasteiger partial charge is 0.549 e. The molecular formula is C12H9N4O2S-. The number of nitrogens with zero attached hydrogens (tertiary/aromatic N) is 3. The van der Waals surface area contributed by atoms with Crippen molar-refractivity contribution in [3.63, 3.8) is 0 Å². The van der Waals surface area contributed by atoms with E-state index in [-0.39, 0.29) is 0 Å². The second-order valence-electron chi connectivity index (χ2n) is 4.04. The number of aromatic nitrogens is 4. The first-order valence-electron chi connectivity index (χ1n) is 5.64. The van der Waals surface area contributed by atoms with Crippen molar-refractivity contribution in [2.75, 3.05) is 0 Å². The molecule has 0 aliphatic rings. The number of carbonyl (C=O) groups is 1. The Labute approximate surface area is 112 Å². The lowest BCUT2D eigenvalue weighted by molar-refractivity contribution is -0.304. The molecule has 0 saturated heterocycles. The van der Waals surface area contributed by atoms with Crippen LogP contribution in [0.15, 0.2) is 29.4 Å². The van der Waals surface area contributed by atoms with Crippen molar-refractivity contribution in [2.45, 2.75) is 17.3 Å². The van der Waals surface area contributed by atoms with Crippen molar-refractivity contribution in [3.8, 4) is 0 Å². The predicted molar refractivity (Wildman–Crippen MR) is 69.5 cm³/mol. The van der Waals surface area contributed by atoms with Crippen LogP contribution in [0.2, 0.25) is 0 Å². The van der Waals surface area contributed by atoms with Crippen LogP contribution in [0.1, 0.15) is 6.92 Å². The summed E-state index contributed by atoms with van der Waals surface area (Å²) in [5.74, 6) is -1.15. The molecule has 19 heavy (non-hydrogen) atoms. The summed E-state index contributed by atoms with van der Waals surface area (Å²) in [5, 5.41) is 19.3. The number of carboxylic acids is 1. The molecule has 0 aliphatic heterocycles. The highest BCUT2D eigenvalue weighted by Crippen LogP contribution is 2.24. The number of thioether (sulfide) groups is 1. The Hall–Kier alpha value is -2.15. The second-order valence-corrected chi connectivity index (χ2v) is 5.35. The first-order valence-corrected chi connectivity index (χ1v) is 6.52. The zero-order valence-corrected chi connectivity index (χ0v) is 10.8. The number of benzene rings is 1. The molecule has 96 valence electrons. The molecule has 0 aliphatic carbocycles. The summed E-state index contributed by atoms with van der Waals surface area (Å²) in [6.07, 6.45) is 0. The first-order chi connectivity index (χ1) is 9.15. The summed E-state index contributed by atoms with van der Waals surface area (Å²) >= 11 is 1.01. The van der Waals surface area contributed by atoms with Crippen LogP contribution >= 0.6 is 11.8 Å². The van der Waals surface area contributed by atoms with Crippen molar-refractivity contribution in [2.24, 2.45) is 0 Å². The first kappa shape index (κ1) is 11.9. The lowest BCUT2D eigenvalue weighted by Crippen LogP contribution is -2.31. The Balaban J connectivity index is 2.06. The number of para-hydroxylation sites is 1. The SMILES string of the molecule is C[C@H](Sc1nnc2c(n1)[nH]c1ccccc12)C(=O)[O-]. The third kappa shape index (κ3) is 2.12. The van der Waals surface area contributed by atoms with Gasteiger partial charge >= 0.3 is 0 Å². The molecule has 0 fully saturated rings. The van der Waals surface area contributed by atoms with Crippen LogP contribution in [0, 0.1) is 0 Å². The number of hydrogen-bond donors (Lipinski definition) is 1. The van der Waals surface area contributed by atoms with Gasteiger partial charge in [-0.2, -0.15) is 0 Å². The van der Waals surface area contributed by atoms with E-state index in [0.717, 1.165) is 22.7 Å². The van der Waals surface area contributed by atoms with Gasteiger partial charge in [-0.15, -0.1) is 10.2 Å². The van der Waals surface area contributed by atoms with Gasteiger partial charge in [0.15, 0.2) is 5.65 Å². The number of carboxylic acid groups (broad SMARTS) is 1. The number of rotatable bonds is 3. The fourth-order valence-electron chi connectivity index (χ4n) is 1.76. The van der Waals surface area contributed by atoms with Crippen molar-refractivity contribution < 1.29 is 9.90 Å². The number of fused-ring (bicyclic) bond motifs is 3. The van der Waals surface area contributed by atoms with Crippen LogP contribution in [0.5, 0.6) is 0 Å². The smallest absolute Gasteiger partial charge is 0.211 e. The van der Waals surface area contributed by atoms with Gasteiger partial charge in [-0.1, -0.05) is 30.0 Å². The molecule has 2 aromatic heterocycles. The third-order valence-corrected chi connectivity index (χ3v) is 3.65. The van der Waals surface area contributed by atoms with Gasteiger partial charge in [-0.25, -0.2) is 4.98 Å². The van der Waals surface area contributed by atoms with Gasteiger partial charge in [-0.3, -0.25) is 0 Å². The number of carbonyl (C=O) groups excluding carboxylic acids is 1. The topological polar surface area (TPSA) is 94.6 Å².